The standard InChI is InChI=1S/C15H10ClF6NO/c16-12-7-10(23)5-6-11(12)8-1-3-9(4-2-8)13(24,14(17,18)19)15(20,21)22/h1-7,24H,23H2. The van der Waals surface area contributed by atoms with Crippen LogP contribution < -0.4 is 5.73 Å². The summed E-state index contributed by atoms with van der Waals surface area (Å²) in [7, 11) is 0. The molecule has 0 unspecified atom stereocenters. The van der Waals surface area contributed by atoms with E-state index in [4.69, 9.17) is 17.3 Å². The summed E-state index contributed by atoms with van der Waals surface area (Å²) >= 11 is 5.95. The Balaban J connectivity index is 2.51. The molecule has 2 aromatic carbocycles. The Kier molecular flexibility index (Phi) is 4.49. The molecule has 130 valence electrons. The fourth-order valence-electron chi connectivity index (χ4n) is 2.14. The fraction of sp³-hybridized carbons (Fsp3) is 0.200. The van der Waals surface area contributed by atoms with Gasteiger partial charge in [-0.2, -0.15) is 26.3 Å². The molecule has 0 atom stereocenters. The summed E-state index contributed by atoms with van der Waals surface area (Å²) in [4.78, 5) is 0. The Morgan fingerprint density at radius 1 is 0.833 bits per heavy atom. The van der Waals surface area contributed by atoms with Crippen molar-refractivity contribution >= 4 is 17.3 Å². The second-order valence-electron chi connectivity index (χ2n) is 5.02. The molecule has 0 amide bonds. The molecular formula is C15H10ClF6NO. The molecule has 0 radical (unpaired) electrons. The van der Waals surface area contributed by atoms with Crippen molar-refractivity contribution in [3.8, 4) is 11.1 Å². The van der Waals surface area contributed by atoms with Gasteiger partial charge in [0.15, 0.2) is 0 Å². The summed E-state index contributed by atoms with van der Waals surface area (Å²) in [6.07, 6.45) is -11.8. The van der Waals surface area contributed by atoms with Crippen LogP contribution >= 0.6 is 11.6 Å². The van der Waals surface area contributed by atoms with Gasteiger partial charge in [0.05, 0.1) is 5.02 Å². The summed E-state index contributed by atoms with van der Waals surface area (Å²) in [6, 6.07) is 7.49. The van der Waals surface area contributed by atoms with E-state index < -0.39 is 23.5 Å². The number of rotatable bonds is 2. The third-order valence-electron chi connectivity index (χ3n) is 3.43. The van der Waals surface area contributed by atoms with Crippen LogP contribution in [0.3, 0.4) is 0 Å². The van der Waals surface area contributed by atoms with Gasteiger partial charge in [-0.05, 0) is 17.7 Å². The van der Waals surface area contributed by atoms with Gasteiger partial charge in [-0.1, -0.05) is 41.9 Å². The maximum atomic E-state index is 12.8. The third kappa shape index (κ3) is 3.03. The molecule has 0 aliphatic heterocycles. The van der Waals surface area contributed by atoms with E-state index in [9.17, 15) is 31.4 Å². The largest absolute Gasteiger partial charge is 0.430 e. The summed E-state index contributed by atoms with van der Waals surface area (Å²) in [5.41, 5.74) is 0.224. The van der Waals surface area contributed by atoms with Gasteiger partial charge >= 0.3 is 12.4 Å². The lowest BCUT2D eigenvalue weighted by Crippen LogP contribution is -2.53. The lowest BCUT2D eigenvalue weighted by Gasteiger charge is -2.32. The Hall–Kier alpha value is -1.93. The zero-order valence-electron chi connectivity index (χ0n) is 11.7. The molecule has 0 spiro atoms. The van der Waals surface area contributed by atoms with Gasteiger partial charge in [0.25, 0.3) is 5.60 Å². The zero-order valence-corrected chi connectivity index (χ0v) is 12.5. The summed E-state index contributed by atoms with van der Waals surface area (Å²) in [6.45, 7) is 0. The smallest absolute Gasteiger partial charge is 0.399 e. The minimum atomic E-state index is -5.92. The maximum absolute atomic E-state index is 12.8. The second-order valence-corrected chi connectivity index (χ2v) is 5.43. The first-order valence-corrected chi connectivity index (χ1v) is 6.77. The molecule has 9 heteroatoms. The van der Waals surface area contributed by atoms with Crippen molar-refractivity contribution in [3.63, 3.8) is 0 Å². The molecule has 2 nitrogen and oxygen atoms in total. The molecule has 0 fully saturated rings. The van der Waals surface area contributed by atoms with Crippen molar-refractivity contribution < 1.29 is 31.4 Å². The van der Waals surface area contributed by atoms with E-state index in [2.05, 4.69) is 0 Å². The first kappa shape index (κ1) is 18.4. The molecule has 24 heavy (non-hydrogen) atoms. The summed E-state index contributed by atoms with van der Waals surface area (Å²) in [5.74, 6) is 0. The minimum Gasteiger partial charge on any atom is -0.399 e. The van der Waals surface area contributed by atoms with Crippen LogP contribution in [0, 0.1) is 0 Å². The normalized spacial score (nSPS) is 13.2. The van der Waals surface area contributed by atoms with Crippen molar-refractivity contribution in [1.82, 2.24) is 0 Å². The third-order valence-corrected chi connectivity index (χ3v) is 3.74. The highest BCUT2D eigenvalue weighted by Crippen LogP contribution is 2.50. The van der Waals surface area contributed by atoms with Gasteiger partial charge < -0.3 is 10.8 Å². The van der Waals surface area contributed by atoms with E-state index in [-0.39, 0.29) is 10.6 Å². The van der Waals surface area contributed by atoms with E-state index in [0.29, 0.717) is 23.4 Å². The number of aliphatic hydroxyl groups is 1. The van der Waals surface area contributed by atoms with Crippen LogP contribution in [0.4, 0.5) is 32.0 Å². The lowest BCUT2D eigenvalue weighted by atomic mass is 9.90. The lowest BCUT2D eigenvalue weighted by molar-refractivity contribution is -0.376. The van der Waals surface area contributed by atoms with Crippen LogP contribution in [0.5, 0.6) is 0 Å². The van der Waals surface area contributed by atoms with E-state index in [1.807, 2.05) is 0 Å². The average molecular weight is 370 g/mol. The maximum Gasteiger partial charge on any atom is 0.430 e. The van der Waals surface area contributed by atoms with Gasteiger partial charge in [-0.3, -0.25) is 0 Å². The monoisotopic (exact) mass is 369 g/mol. The minimum absolute atomic E-state index is 0.185. The number of hydrogen-bond donors (Lipinski definition) is 2. The van der Waals surface area contributed by atoms with E-state index in [1.54, 1.807) is 0 Å². The number of hydrogen-bond acceptors (Lipinski definition) is 2. The molecule has 3 N–H and O–H groups in total. The Labute approximate surface area is 137 Å². The van der Waals surface area contributed by atoms with Crippen LogP contribution in [0.2, 0.25) is 5.02 Å². The molecule has 0 saturated carbocycles. The molecule has 0 heterocycles. The number of benzene rings is 2. The molecule has 0 aromatic heterocycles. The molecule has 2 rings (SSSR count). The quantitative estimate of drug-likeness (QED) is 0.584. The van der Waals surface area contributed by atoms with Crippen LogP contribution in [0.15, 0.2) is 42.5 Å². The van der Waals surface area contributed by atoms with Crippen LogP contribution in [0.25, 0.3) is 11.1 Å². The van der Waals surface area contributed by atoms with Crippen molar-refractivity contribution in [2.75, 3.05) is 5.73 Å². The van der Waals surface area contributed by atoms with Gasteiger partial charge in [-0.15, -0.1) is 0 Å². The molecule has 2 aromatic rings. The van der Waals surface area contributed by atoms with Crippen LogP contribution in [0.1, 0.15) is 5.56 Å². The van der Waals surface area contributed by atoms with E-state index in [1.165, 1.54) is 18.2 Å². The number of halogens is 7. The Morgan fingerprint density at radius 3 is 1.75 bits per heavy atom. The van der Waals surface area contributed by atoms with Crippen LogP contribution in [-0.2, 0) is 5.60 Å². The predicted molar refractivity (Wildman–Crippen MR) is 77.3 cm³/mol. The summed E-state index contributed by atoms with van der Waals surface area (Å²) in [5, 5.41) is 9.50. The zero-order chi connectivity index (χ0) is 18.3. The fourth-order valence-corrected chi connectivity index (χ4v) is 2.44. The highest BCUT2D eigenvalue weighted by Gasteiger charge is 2.71. The second kappa shape index (κ2) is 5.86. The first-order valence-electron chi connectivity index (χ1n) is 6.39. The number of nitrogen functional groups attached to an aromatic ring is 1. The van der Waals surface area contributed by atoms with Crippen molar-refractivity contribution in [2.24, 2.45) is 0 Å². The van der Waals surface area contributed by atoms with Crippen molar-refractivity contribution in [1.29, 1.82) is 0 Å². The predicted octanol–water partition coefficient (Wildman–Crippen LogP) is 4.90. The topological polar surface area (TPSA) is 46.2 Å². The molecule has 0 aliphatic carbocycles. The van der Waals surface area contributed by atoms with Crippen molar-refractivity contribution in [3.05, 3.63) is 53.1 Å². The highest BCUT2D eigenvalue weighted by molar-refractivity contribution is 6.33. The number of nitrogens with two attached hydrogens (primary N) is 1. The Bertz CT molecular complexity index is 725. The molecular weight excluding hydrogens is 360 g/mol. The number of anilines is 1. The molecule has 0 bridgehead atoms. The van der Waals surface area contributed by atoms with Crippen LogP contribution in [-0.4, -0.2) is 17.5 Å². The summed E-state index contributed by atoms with van der Waals surface area (Å²) < 4.78 is 76.9. The van der Waals surface area contributed by atoms with Gasteiger partial charge in [0.1, 0.15) is 0 Å². The van der Waals surface area contributed by atoms with Gasteiger partial charge in [-0.25, -0.2) is 0 Å². The van der Waals surface area contributed by atoms with Crippen molar-refractivity contribution in [2.45, 2.75) is 18.0 Å². The van der Waals surface area contributed by atoms with E-state index in [0.717, 1.165) is 12.1 Å². The van der Waals surface area contributed by atoms with Gasteiger partial charge in [0, 0.05) is 16.8 Å². The van der Waals surface area contributed by atoms with Gasteiger partial charge in [0.2, 0.25) is 0 Å². The average Bonchev–Trinajstić information content (AvgIpc) is 2.44. The molecule has 0 aliphatic rings. The Morgan fingerprint density at radius 2 is 1.33 bits per heavy atom. The number of alkyl halides is 6. The van der Waals surface area contributed by atoms with E-state index >= 15 is 0 Å². The SMILES string of the molecule is Nc1ccc(-c2ccc(C(O)(C(F)(F)F)C(F)(F)F)cc2)c(Cl)c1. The molecule has 0 saturated heterocycles. The first-order chi connectivity index (χ1) is 10.9. The highest BCUT2D eigenvalue weighted by atomic mass is 35.5.